The molecule has 0 bridgehead atoms. The van der Waals surface area contributed by atoms with Crippen LogP contribution in [0.5, 0.6) is 0 Å². The van der Waals surface area contributed by atoms with E-state index < -0.39 is 0 Å². The minimum Gasteiger partial charge on any atom is -0.384 e. The molecule has 0 aliphatic heterocycles. The number of nitrogens with zero attached hydrogens (tertiary/aromatic N) is 2. The molecule has 0 aliphatic carbocycles. The van der Waals surface area contributed by atoms with Gasteiger partial charge in [-0.2, -0.15) is 17.0 Å². The molecule has 0 spiro atoms. The first-order chi connectivity index (χ1) is 7.26. The topological polar surface area (TPSA) is 48.7 Å². The molecule has 0 aromatic carbocycles. The van der Waals surface area contributed by atoms with Gasteiger partial charge >= 0.3 is 0 Å². The Morgan fingerprint density at radius 3 is 2.93 bits per heavy atom. The van der Waals surface area contributed by atoms with Crippen LogP contribution >= 0.6 is 11.8 Å². The number of nitrogens with one attached hydrogen (secondary N) is 1. The highest BCUT2D eigenvalue weighted by molar-refractivity contribution is 7.98. The molecule has 0 fully saturated rings. The second-order valence-electron chi connectivity index (χ2n) is 3.49. The fraction of sp³-hybridized carbons (Fsp3) is 0.455. The van der Waals surface area contributed by atoms with Crippen LogP contribution in [-0.2, 0) is 0 Å². The largest absolute Gasteiger partial charge is 0.384 e. The molecular weight excluding hydrogens is 206 g/mol. The molecule has 0 amide bonds. The van der Waals surface area contributed by atoms with Crippen molar-refractivity contribution in [3.8, 4) is 6.07 Å². The van der Waals surface area contributed by atoms with Crippen LogP contribution in [0.15, 0.2) is 18.3 Å². The summed E-state index contributed by atoms with van der Waals surface area (Å²) in [7, 11) is 0. The summed E-state index contributed by atoms with van der Waals surface area (Å²) in [6, 6.07) is 5.61. The van der Waals surface area contributed by atoms with Gasteiger partial charge in [0.25, 0.3) is 0 Å². The third kappa shape index (κ3) is 4.22. The van der Waals surface area contributed by atoms with E-state index in [1.165, 1.54) is 0 Å². The Morgan fingerprint density at radius 1 is 1.60 bits per heavy atom. The molecule has 0 saturated carbocycles. The van der Waals surface area contributed by atoms with Crippen molar-refractivity contribution >= 4 is 17.4 Å². The lowest BCUT2D eigenvalue weighted by molar-refractivity contribution is 0.701. The SMILES string of the molecule is CSCC(C)CNc1ccc(C#N)nc1. The lowest BCUT2D eigenvalue weighted by Crippen LogP contribution is -2.13. The van der Waals surface area contributed by atoms with E-state index in [1.54, 1.807) is 12.3 Å². The molecular formula is C11H15N3S. The van der Waals surface area contributed by atoms with Crippen LogP contribution in [0.4, 0.5) is 5.69 Å². The Hall–Kier alpha value is -1.21. The summed E-state index contributed by atoms with van der Waals surface area (Å²) in [6.45, 7) is 3.15. The van der Waals surface area contributed by atoms with Crippen molar-refractivity contribution in [2.24, 2.45) is 5.92 Å². The van der Waals surface area contributed by atoms with Crippen LogP contribution in [0, 0.1) is 17.2 Å². The average molecular weight is 221 g/mol. The maximum atomic E-state index is 8.58. The summed E-state index contributed by atoms with van der Waals surface area (Å²) >= 11 is 1.85. The minimum atomic E-state index is 0.456. The predicted octanol–water partition coefficient (Wildman–Crippen LogP) is 2.36. The van der Waals surface area contributed by atoms with E-state index in [-0.39, 0.29) is 0 Å². The molecule has 1 aromatic heterocycles. The summed E-state index contributed by atoms with van der Waals surface area (Å²) in [5.41, 5.74) is 1.43. The van der Waals surface area contributed by atoms with Gasteiger partial charge in [0, 0.05) is 6.54 Å². The fourth-order valence-electron chi connectivity index (χ4n) is 1.20. The average Bonchev–Trinajstić information content (AvgIpc) is 2.27. The second kappa shape index (κ2) is 6.31. The highest BCUT2D eigenvalue weighted by atomic mass is 32.2. The smallest absolute Gasteiger partial charge is 0.140 e. The van der Waals surface area contributed by atoms with Crippen LogP contribution < -0.4 is 5.32 Å². The van der Waals surface area contributed by atoms with Crippen molar-refractivity contribution in [3.05, 3.63) is 24.0 Å². The van der Waals surface area contributed by atoms with Gasteiger partial charge in [-0.25, -0.2) is 4.98 Å². The molecule has 0 saturated heterocycles. The molecule has 3 nitrogen and oxygen atoms in total. The number of hydrogen-bond donors (Lipinski definition) is 1. The van der Waals surface area contributed by atoms with Crippen LogP contribution in [-0.4, -0.2) is 23.5 Å². The maximum absolute atomic E-state index is 8.58. The van der Waals surface area contributed by atoms with Gasteiger partial charge in [-0.1, -0.05) is 6.92 Å². The molecule has 1 heterocycles. The normalized spacial score (nSPS) is 11.8. The molecule has 80 valence electrons. The number of pyridine rings is 1. The van der Waals surface area contributed by atoms with Gasteiger partial charge in [-0.05, 0) is 30.1 Å². The maximum Gasteiger partial charge on any atom is 0.140 e. The molecule has 0 radical (unpaired) electrons. The lowest BCUT2D eigenvalue weighted by atomic mass is 10.2. The van der Waals surface area contributed by atoms with E-state index in [2.05, 4.69) is 23.5 Å². The van der Waals surface area contributed by atoms with E-state index in [0.29, 0.717) is 11.6 Å². The third-order valence-corrected chi connectivity index (χ3v) is 2.89. The minimum absolute atomic E-state index is 0.456. The van der Waals surface area contributed by atoms with Crippen molar-refractivity contribution in [1.82, 2.24) is 4.98 Å². The third-order valence-electron chi connectivity index (χ3n) is 1.98. The van der Waals surface area contributed by atoms with E-state index in [1.807, 2.05) is 23.9 Å². The zero-order valence-electron chi connectivity index (χ0n) is 9.03. The van der Waals surface area contributed by atoms with Crippen LogP contribution in [0.2, 0.25) is 0 Å². The quantitative estimate of drug-likeness (QED) is 0.829. The first-order valence-electron chi connectivity index (χ1n) is 4.85. The Bertz CT molecular complexity index is 329. The van der Waals surface area contributed by atoms with Crippen molar-refractivity contribution in [1.29, 1.82) is 5.26 Å². The highest BCUT2D eigenvalue weighted by Gasteiger charge is 2.00. The van der Waals surface area contributed by atoms with Gasteiger partial charge < -0.3 is 5.32 Å². The number of anilines is 1. The Kier molecular flexibility index (Phi) is 4.99. The summed E-state index contributed by atoms with van der Waals surface area (Å²) in [5, 5.41) is 11.9. The molecule has 15 heavy (non-hydrogen) atoms. The van der Waals surface area contributed by atoms with Gasteiger partial charge in [-0.3, -0.25) is 0 Å². The summed E-state index contributed by atoms with van der Waals surface area (Å²) in [5.74, 6) is 1.78. The monoisotopic (exact) mass is 221 g/mol. The first kappa shape index (κ1) is 11.9. The molecule has 0 aliphatic rings. The lowest BCUT2D eigenvalue weighted by Gasteiger charge is -2.11. The molecule has 1 atom stereocenters. The van der Waals surface area contributed by atoms with E-state index in [0.717, 1.165) is 18.0 Å². The second-order valence-corrected chi connectivity index (χ2v) is 4.40. The van der Waals surface area contributed by atoms with Gasteiger partial charge in [0.2, 0.25) is 0 Å². The van der Waals surface area contributed by atoms with E-state index >= 15 is 0 Å². The molecule has 1 unspecified atom stereocenters. The molecule has 1 aromatic rings. The Labute approximate surface area is 94.9 Å². The number of nitriles is 1. The number of thioether (sulfide) groups is 1. The summed E-state index contributed by atoms with van der Waals surface area (Å²) in [4.78, 5) is 3.99. The standard InChI is InChI=1S/C11H15N3S/c1-9(8-15-2)6-13-11-4-3-10(5-12)14-7-11/h3-4,7,9,13H,6,8H2,1-2H3. The summed E-state index contributed by atoms with van der Waals surface area (Å²) < 4.78 is 0. The van der Waals surface area contributed by atoms with Gasteiger partial charge in [-0.15, -0.1) is 0 Å². The molecule has 1 rings (SSSR count). The van der Waals surface area contributed by atoms with Crippen LogP contribution in [0.1, 0.15) is 12.6 Å². The number of rotatable bonds is 5. The highest BCUT2D eigenvalue weighted by Crippen LogP contribution is 2.09. The zero-order chi connectivity index (χ0) is 11.1. The van der Waals surface area contributed by atoms with Crippen LogP contribution in [0.25, 0.3) is 0 Å². The van der Waals surface area contributed by atoms with E-state index in [9.17, 15) is 0 Å². The number of aromatic nitrogens is 1. The van der Waals surface area contributed by atoms with Crippen molar-refractivity contribution < 1.29 is 0 Å². The van der Waals surface area contributed by atoms with Gasteiger partial charge in [0.05, 0.1) is 11.9 Å². The Morgan fingerprint density at radius 2 is 2.40 bits per heavy atom. The van der Waals surface area contributed by atoms with E-state index in [4.69, 9.17) is 5.26 Å². The van der Waals surface area contributed by atoms with Crippen molar-refractivity contribution in [3.63, 3.8) is 0 Å². The first-order valence-corrected chi connectivity index (χ1v) is 6.24. The van der Waals surface area contributed by atoms with Crippen molar-refractivity contribution in [2.75, 3.05) is 23.9 Å². The number of hydrogen-bond acceptors (Lipinski definition) is 4. The van der Waals surface area contributed by atoms with Crippen molar-refractivity contribution in [2.45, 2.75) is 6.92 Å². The predicted molar refractivity (Wildman–Crippen MR) is 65.0 cm³/mol. The molecule has 4 heteroatoms. The van der Waals surface area contributed by atoms with Gasteiger partial charge in [0.15, 0.2) is 0 Å². The van der Waals surface area contributed by atoms with Gasteiger partial charge in [0.1, 0.15) is 11.8 Å². The summed E-state index contributed by atoms with van der Waals surface area (Å²) in [6.07, 6.45) is 3.81. The molecule has 1 N–H and O–H groups in total. The zero-order valence-corrected chi connectivity index (χ0v) is 9.84. The Balaban J connectivity index is 2.41. The van der Waals surface area contributed by atoms with Crippen LogP contribution in [0.3, 0.4) is 0 Å². The fourth-order valence-corrected chi connectivity index (χ4v) is 1.89.